The summed E-state index contributed by atoms with van der Waals surface area (Å²) >= 11 is 3.23. The number of carbonyl (C=O) groups is 1. The molecule has 1 amide bonds. The third-order valence-corrected chi connectivity index (χ3v) is 6.15. The molecule has 0 radical (unpaired) electrons. The fourth-order valence-electron chi connectivity index (χ4n) is 2.64. The molecule has 1 aliphatic carbocycles. The summed E-state index contributed by atoms with van der Waals surface area (Å²) in [4.78, 5) is 14.4. The molecule has 2 heterocycles. The summed E-state index contributed by atoms with van der Waals surface area (Å²) in [6.45, 7) is 3.59. The van der Waals surface area contributed by atoms with E-state index in [9.17, 15) is 4.79 Å². The lowest BCUT2D eigenvalue weighted by Crippen LogP contribution is -2.31. The predicted octanol–water partition coefficient (Wildman–Crippen LogP) is 2.85. The van der Waals surface area contributed by atoms with Crippen LogP contribution in [0.1, 0.15) is 38.5 Å². The van der Waals surface area contributed by atoms with Gasteiger partial charge in [0.15, 0.2) is 4.34 Å². The van der Waals surface area contributed by atoms with Gasteiger partial charge in [0.1, 0.15) is 0 Å². The molecule has 1 N–H and O–H groups in total. The highest BCUT2D eigenvalue weighted by molar-refractivity contribution is 8.01. The molecule has 116 valence electrons. The van der Waals surface area contributed by atoms with Gasteiger partial charge in [-0.2, -0.15) is 0 Å². The van der Waals surface area contributed by atoms with Crippen molar-refractivity contribution in [3.05, 3.63) is 0 Å². The maximum atomic E-state index is 11.8. The van der Waals surface area contributed by atoms with E-state index in [2.05, 4.69) is 20.4 Å². The Morgan fingerprint density at radius 1 is 1.24 bits per heavy atom. The molecule has 1 saturated heterocycles. The lowest BCUT2D eigenvalue weighted by atomic mass is 9.85. The van der Waals surface area contributed by atoms with Crippen LogP contribution in [0, 0.1) is 5.92 Å². The first-order valence-corrected chi connectivity index (χ1v) is 9.61. The Morgan fingerprint density at radius 3 is 2.76 bits per heavy atom. The van der Waals surface area contributed by atoms with Crippen LogP contribution in [0.4, 0.5) is 5.13 Å². The number of nitrogens with zero attached hydrogens (tertiary/aromatic N) is 3. The number of nitrogens with one attached hydrogen (secondary N) is 1. The molecule has 1 saturated carbocycles. The summed E-state index contributed by atoms with van der Waals surface area (Å²) in [7, 11) is 0. The van der Waals surface area contributed by atoms with Crippen LogP contribution < -0.4 is 5.32 Å². The van der Waals surface area contributed by atoms with E-state index in [0.717, 1.165) is 29.5 Å². The van der Waals surface area contributed by atoms with Gasteiger partial charge in [-0.3, -0.25) is 4.79 Å². The Labute approximate surface area is 133 Å². The minimum atomic E-state index is 0.113. The van der Waals surface area contributed by atoms with Gasteiger partial charge in [0.25, 0.3) is 0 Å². The topological polar surface area (TPSA) is 58.1 Å². The monoisotopic (exact) mass is 326 g/mol. The Hall–Kier alpha value is -0.660. The first-order valence-electron chi connectivity index (χ1n) is 7.81. The van der Waals surface area contributed by atoms with Crippen LogP contribution in [0.15, 0.2) is 4.34 Å². The highest BCUT2D eigenvalue weighted by Crippen LogP contribution is 2.30. The number of aromatic nitrogens is 2. The SMILES string of the molecule is O=C(Nc1nnc(SCCN2CCCCC2)s1)C1CCC1. The van der Waals surface area contributed by atoms with Crippen LogP contribution in [0.2, 0.25) is 0 Å². The summed E-state index contributed by atoms with van der Waals surface area (Å²) in [5, 5.41) is 11.7. The van der Waals surface area contributed by atoms with Crippen LogP contribution >= 0.6 is 23.1 Å². The molecular weight excluding hydrogens is 304 g/mol. The zero-order chi connectivity index (χ0) is 14.5. The second kappa shape index (κ2) is 7.56. The largest absolute Gasteiger partial charge is 0.303 e. The van der Waals surface area contributed by atoms with Crippen molar-refractivity contribution < 1.29 is 4.79 Å². The summed E-state index contributed by atoms with van der Waals surface area (Å²) in [6, 6.07) is 0. The summed E-state index contributed by atoms with van der Waals surface area (Å²) in [5.41, 5.74) is 0. The molecule has 0 atom stereocenters. The van der Waals surface area contributed by atoms with E-state index in [1.54, 1.807) is 11.8 Å². The Kier molecular flexibility index (Phi) is 5.49. The van der Waals surface area contributed by atoms with Crippen LogP contribution in [0.3, 0.4) is 0 Å². The molecule has 2 aliphatic rings. The molecule has 0 unspecified atom stereocenters. The van der Waals surface area contributed by atoms with E-state index in [1.807, 2.05) is 0 Å². The number of carbonyl (C=O) groups excluding carboxylic acids is 1. The average molecular weight is 326 g/mol. The molecule has 1 aliphatic heterocycles. The zero-order valence-electron chi connectivity index (χ0n) is 12.2. The molecule has 7 heteroatoms. The number of thioether (sulfide) groups is 1. The normalized spacial score (nSPS) is 20.2. The third-order valence-electron chi connectivity index (χ3n) is 4.19. The highest BCUT2D eigenvalue weighted by atomic mass is 32.2. The van der Waals surface area contributed by atoms with Crippen molar-refractivity contribution >= 4 is 34.1 Å². The van der Waals surface area contributed by atoms with Gasteiger partial charge in [0.05, 0.1) is 0 Å². The number of piperidine rings is 1. The molecule has 1 aromatic rings. The van der Waals surface area contributed by atoms with Crippen molar-refractivity contribution in [2.75, 3.05) is 30.7 Å². The third kappa shape index (κ3) is 4.40. The first-order chi connectivity index (χ1) is 10.3. The predicted molar refractivity (Wildman–Crippen MR) is 86.9 cm³/mol. The molecule has 1 aromatic heterocycles. The highest BCUT2D eigenvalue weighted by Gasteiger charge is 2.25. The van der Waals surface area contributed by atoms with Gasteiger partial charge in [-0.25, -0.2) is 0 Å². The van der Waals surface area contributed by atoms with E-state index in [4.69, 9.17) is 0 Å². The Bertz CT molecular complexity index is 469. The molecule has 21 heavy (non-hydrogen) atoms. The lowest BCUT2D eigenvalue weighted by Gasteiger charge is -2.25. The van der Waals surface area contributed by atoms with Gasteiger partial charge in [-0.15, -0.1) is 10.2 Å². The van der Waals surface area contributed by atoms with Gasteiger partial charge in [-0.05, 0) is 38.8 Å². The van der Waals surface area contributed by atoms with Gasteiger partial charge in [0.2, 0.25) is 11.0 Å². The number of anilines is 1. The number of likely N-dealkylation sites (tertiary alicyclic amines) is 1. The molecule has 2 fully saturated rings. The van der Waals surface area contributed by atoms with Gasteiger partial charge in [-0.1, -0.05) is 35.9 Å². The first kappa shape index (κ1) is 15.2. The second-order valence-corrected chi connectivity index (χ2v) is 8.06. The minimum Gasteiger partial charge on any atom is -0.303 e. The Balaban J connectivity index is 1.38. The fourth-order valence-corrected chi connectivity index (χ4v) is 4.47. The average Bonchev–Trinajstić information content (AvgIpc) is 2.85. The fraction of sp³-hybridized carbons (Fsp3) is 0.786. The quantitative estimate of drug-likeness (QED) is 0.643. The zero-order valence-corrected chi connectivity index (χ0v) is 13.8. The Morgan fingerprint density at radius 2 is 2.05 bits per heavy atom. The summed E-state index contributed by atoms with van der Waals surface area (Å²) < 4.78 is 0.955. The summed E-state index contributed by atoms with van der Waals surface area (Å²) in [6.07, 6.45) is 7.25. The van der Waals surface area contributed by atoms with Crippen LogP contribution in [-0.4, -0.2) is 46.4 Å². The van der Waals surface area contributed by atoms with E-state index in [1.165, 1.54) is 50.1 Å². The molecule has 0 spiro atoms. The van der Waals surface area contributed by atoms with E-state index in [0.29, 0.717) is 5.13 Å². The smallest absolute Gasteiger partial charge is 0.229 e. The summed E-state index contributed by atoms with van der Waals surface area (Å²) in [5.74, 6) is 1.36. The standard InChI is InChI=1S/C14H22N4OS2/c19-12(11-5-4-6-11)15-13-16-17-14(21-13)20-10-9-18-7-2-1-3-8-18/h11H,1-10H2,(H,15,16,19). The molecular formula is C14H22N4OS2. The van der Waals surface area contributed by atoms with E-state index < -0.39 is 0 Å². The van der Waals surface area contributed by atoms with Crippen molar-refractivity contribution in [1.29, 1.82) is 0 Å². The van der Waals surface area contributed by atoms with Crippen molar-refractivity contribution in [3.8, 4) is 0 Å². The molecule has 5 nitrogen and oxygen atoms in total. The molecule has 3 rings (SSSR count). The van der Waals surface area contributed by atoms with Crippen molar-refractivity contribution in [1.82, 2.24) is 15.1 Å². The maximum Gasteiger partial charge on any atom is 0.229 e. The number of rotatable bonds is 6. The number of hydrogen-bond acceptors (Lipinski definition) is 6. The lowest BCUT2D eigenvalue weighted by molar-refractivity contribution is -0.122. The molecule has 0 aromatic carbocycles. The van der Waals surface area contributed by atoms with Gasteiger partial charge >= 0.3 is 0 Å². The number of hydrogen-bond donors (Lipinski definition) is 1. The van der Waals surface area contributed by atoms with Crippen LogP contribution in [0.25, 0.3) is 0 Å². The van der Waals surface area contributed by atoms with E-state index in [-0.39, 0.29) is 11.8 Å². The number of amides is 1. The second-order valence-electron chi connectivity index (χ2n) is 5.74. The van der Waals surface area contributed by atoms with Gasteiger partial charge < -0.3 is 10.2 Å². The van der Waals surface area contributed by atoms with Gasteiger partial charge in [0, 0.05) is 18.2 Å². The maximum absolute atomic E-state index is 11.8. The van der Waals surface area contributed by atoms with Crippen molar-refractivity contribution in [2.45, 2.75) is 42.9 Å². The van der Waals surface area contributed by atoms with Crippen molar-refractivity contribution in [2.24, 2.45) is 5.92 Å². The minimum absolute atomic E-state index is 0.113. The van der Waals surface area contributed by atoms with E-state index >= 15 is 0 Å². The van der Waals surface area contributed by atoms with Crippen LogP contribution in [0.5, 0.6) is 0 Å². The molecule has 0 bridgehead atoms. The van der Waals surface area contributed by atoms with Crippen LogP contribution in [-0.2, 0) is 4.79 Å². The van der Waals surface area contributed by atoms with Crippen molar-refractivity contribution in [3.63, 3.8) is 0 Å².